The molecule has 0 amide bonds. The number of carbonyl (C=O) groups is 1. The number of carboxylic acids is 1. The van der Waals surface area contributed by atoms with Crippen molar-refractivity contribution >= 4 is 21.9 Å². The monoisotopic (exact) mass is 273 g/mol. The van der Waals surface area contributed by atoms with Gasteiger partial charge < -0.3 is 5.11 Å². The van der Waals surface area contributed by atoms with Gasteiger partial charge in [0.25, 0.3) is 0 Å². The van der Waals surface area contributed by atoms with E-state index in [1.54, 1.807) is 4.80 Å². The molecule has 1 N–H and O–H groups in total. The van der Waals surface area contributed by atoms with Gasteiger partial charge in [-0.3, -0.25) is 0 Å². The standard InChI is InChI=1S/C9H12BrN3O2/c10-8-7(9(14)15)11-13(12-8)6-4-2-1-3-5-6/h6H,1-5H2,(H,14,15). The van der Waals surface area contributed by atoms with Crippen LogP contribution in [0.2, 0.25) is 0 Å². The van der Waals surface area contributed by atoms with E-state index in [4.69, 9.17) is 5.11 Å². The number of aromatic nitrogens is 3. The minimum Gasteiger partial charge on any atom is -0.476 e. The van der Waals surface area contributed by atoms with Crippen LogP contribution in [0, 0.1) is 0 Å². The van der Waals surface area contributed by atoms with E-state index >= 15 is 0 Å². The highest BCUT2D eigenvalue weighted by atomic mass is 79.9. The molecule has 1 aliphatic rings. The summed E-state index contributed by atoms with van der Waals surface area (Å²) in [6.45, 7) is 0. The van der Waals surface area contributed by atoms with Crippen LogP contribution in [0.4, 0.5) is 0 Å². The van der Waals surface area contributed by atoms with Crippen molar-refractivity contribution in [3.8, 4) is 0 Å². The molecule has 0 unspecified atom stereocenters. The van der Waals surface area contributed by atoms with Crippen LogP contribution in [0.1, 0.15) is 48.6 Å². The summed E-state index contributed by atoms with van der Waals surface area (Å²) < 4.78 is 0.320. The molecule has 82 valence electrons. The molecule has 1 aromatic rings. The SMILES string of the molecule is O=C(O)c1nn(C2CCCCC2)nc1Br. The molecule has 2 rings (SSSR count). The third kappa shape index (κ3) is 2.19. The van der Waals surface area contributed by atoms with Gasteiger partial charge in [-0.2, -0.15) is 4.80 Å². The van der Waals surface area contributed by atoms with Crippen LogP contribution in [0.5, 0.6) is 0 Å². The summed E-state index contributed by atoms with van der Waals surface area (Å²) in [5, 5.41) is 16.9. The van der Waals surface area contributed by atoms with Crippen molar-refractivity contribution in [2.75, 3.05) is 0 Å². The Kier molecular flexibility index (Phi) is 3.04. The molecule has 0 atom stereocenters. The molecule has 1 saturated carbocycles. The Morgan fingerprint density at radius 3 is 2.53 bits per heavy atom. The summed E-state index contributed by atoms with van der Waals surface area (Å²) in [6, 6.07) is 0.267. The first-order valence-electron chi connectivity index (χ1n) is 5.04. The van der Waals surface area contributed by atoms with E-state index in [0.29, 0.717) is 4.60 Å². The number of hydrogen-bond donors (Lipinski definition) is 1. The van der Waals surface area contributed by atoms with Crippen LogP contribution in [0.25, 0.3) is 0 Å². The van der Waals surface area contributed by atoms with Gasteiger partial charge in [-0.1, -0.05) is 19.3 Å². The molecular formula is C9H12BrN3O2. The van der Waals surface area contributed by atoms with Crippen LogP contribution in [-0.2, 0) is 0 Å². The Hall–Kier alpha value is -0.910. The highest BCUT2D eigenvalue weighted by molar-refractivity contribution is 9.10. The molecule has 5 nitrogen and oxygen atoms in total. The Labute approximate surface area is 95.6 Å². The fourth-order valence-electron chi connectivity index (χ4n) is 1.91. The molecule has 1 aliphatic carbocycles. The lowest BCUT2D eigenvalue weighted by atomic mass is 9.96. The first kappa shape index (κ1) is 10.6. The summed E-state index contributed by atoms with van der Waals surface area (Å²) in [4.78, 5) is 12.3. The minimum atomic E-state index is -1.04. The van der Waals surface area contributed by atoms with Gasteiger partial charge in [-0.15, -0.1) is 10.2 Å². The zero-order valence-electron chi connectivity index (χ0n) is 8.19. The molecule has 0 saturated heterocycles. The highest BCUT2D eigenvalue weighted by Crippen LogP contribution is 2.27. The lowest BCUT2D eigenvalue weighted by Crippen LogP contribution is -2.16. The molecule has 0 aliphatic heterocycles. The number of carboxylic acid groups (broad SMARTS) is 1. The van der Waals surface area contributed by atoms with E-state index in [2.05, 4.69) is 26.1 Å². The predicted molar refractivity (Wildman–Crippen MR) is 56.8 cm³/mol. The van der Waals surface area contributed by atoms with E-state index in [1.165, 1.54) is 19.3 Å². The summed E-state index contributed by atoms with van der Waals surface area (Å²) in [5.41, 5.74) is 0.000531. The van der Waals surface area contributed by atoms with Crippen LogP contribution in [0.15, 0.2) is 4.60 Å². The van der Waals surface area contributed by atoms with Crippen molar-refractivity contribution in [3.63, 3.8) is 0 Å². The Morgan fingerprint density at radius 2 is 2.00 bits per heavy atom. The summed E-state index contributed by atoms with van der Waals surface area (Å²) >= 11 is 3.11. The summed E-state index contributed by atoms with van der Waals surface area (Å²) in [6.07, 6.45) is 5.68. The van der Waals surface area contributed by atoms with Crippen molar-refractivity contribution in [1.29, 1.82) is 0 Å². The van der Waals surface area contributed by atoms with E-state index in [-0.39, 0.29) is 11.7 Å². The second-order valence-electron chi connectivity index (χ2n) is 3.76. The Morgan fingerprint density at radius 1 is 1.33 bits per heavy atom. The Bertz CT molecular complexity index is 371. The largest absolute Gasteiger partial charge is 0.476 e. The van der Waals surface area contributed by atoms with Crippen molar-refractivity contribution in [3.05, 3.63) is 10.3 Å². The van der Waals surface area contributed by atoms with Crippen molar-refractivity contribution in [2.45, 2.75) is 38.1 Å². The molecule has 0 radical (unpaired) electrons. The molecule has 1 fully saturated rings. The third-order valence-electron chi connectivity index (χ3n) is 2.69. The molecule has 1 heterocycles. The topological polar surface area (TPSA) is 68.0 Å². The first-order chi connectivity index (χ1) is 7.18. The van der Waals surface area contributed by atoms with Gasteiger partial charge in [0, 0.05) is 0 Å². The second-order valence-corrected chi connectivity index (χ2v) is 4.51. The molecular weight excluding hydrogens is 262 g/mol. The van der Waals surface area contributed by atoms with Crippen molar-refractivity contribution in [1.82, 2.24) is 15.0 Å². The van der Waals surface area contributed by atoms with E-state index in [0.717, 1.165) is 12.8 Å². The van der Waals surface area contributed by atoms with Gasteiger partial charge in [0.1, 0.15) is 0 Å². The first-order valence-corrected chi connectivity index (χ1v) is 5.83. The Balaban J connectivity index is 2.21. The molecule has 0 bridgehead atoms. The van der Waals surface area contributed by atoms with Gasteiger partial charge >= 0.3 is 5.97 Å². The van der Waals surface area contributed by atoms with Gasteiger partial charge in [0.15, 0.2) is 4.60 Å². The molecule has 15 heavy (non-hydrogen) atoms. The average molecular weight is 274 g/mol. The molecule has 1 aromatic heterocycles. The average Bonchev–Trinajstić information content (AvgIpc) is 2.62. The fourth-order valence-corrected chi connectivity index (χ4v) is 2.32. The van der Waals surface area contributed by atoms with Crippen molar-refractivity contribution in [2.24, 2.45) is 0 Å². The highest BCUT2D eigenvalue weighted by Gasteiger charge is 2.21. The normalized spacial score (nSPS) is 17.9. The lowest BCUT2D eigenvalue weighted by Gasteiger charge is -2.20. The van der Waals surface area contributed by atoms with Crippen LogP contribution >= 0.6 is 15.9 Å². The summed E-state index contributed by atoms with van der Waals surface area (Å²) in [7, 11) is 0. The van der Waals surface area contributed by atoms with Crippen LogP contribution < -0.4 is 0 Å². The van der Waals surface area contributed by atoms with E-state index in [1.807, 2.05) is 0 Å². The minimum absolute atomic E-state index is 0.000531. The van der Waals surface area contributed by atoms with Gasteiger partial charge in [-0.05, 0) is 28.8 Å². The zero-order valence-corrected chi connectivity index (χ0v) is 9.77. The maximum Gasteiger partial charge on any atom is 0.359 e. The third-order valence-corrected chi connectivity index (χ3v) is 3.23. The van der Waals surface area contributed by atoms with Crippen LogP contribution in [-0.4, -0.2) is 26.1 Å². The quantitative estimate of drug-likeness (QED) is 0.898. The number of aromatic carboxylic acids is 1. The van der Waals surface area contributed by atoms with Gasteiger partial charge in [0.05, 0.1) is 6.04 Å². The predicted octanol–water partition coefficient (Wildman–Crippen LogP) is 2.24. The van der Waals surface area contributed by atoms with Gasteiger partial charge in [-0.25, -0.2) is 4.79 Å². The number of nitrogens with zero attached hydrogens (tertiary/aromatic N) is 3. The maximum atomic E-state index is 10.8. The fraction of sp³-hybridized carbons (Fsp3) is 0.667. The van der Waals surface area contributed by atoms with Crippen LogP contribution in [0.3, 0.4) is 0 Å². The lowest BCUT2D eigenvalue weighted by molar-refractivity contribution is 0.0688. The smallest absolute Gasteiger partial charge is 0.359 e. The number of hydrogen-bond acceptors (Lipinski definition) is 3. The number of rotatable bonds is 2. The molecule has 0 spiro atoms. The van der Waals surface area contributed by atoms with E-state index < -0.39 is 5.97 Å². The summed E-state index contributed by atoms with van der Waals surface area (Å²) in [5.74, 6) is -1.04. The number of halogens is 1. The van der Waals surface area contributed by atoms with Gasteiger partial charge in [0.2, 0.25) is 5.69 Å². The maximum absolute atomic E-state index is 10.8. The molecule has 0 aromatic carbocycles. The zero-order chi connectivity index (χ0) is 10.8. The van der Waals surface area contributed by atoms with Crippen molar-refractivity contribution < 1.29 is 9.90 Å². The molecule has 6 heteroatoms. The van der Waals surface area contributed by atoms with E-state index in [9.17, 15) is 4.79 Å². The second kappa shape index (κ2) is 4.30.